The normalized spacial score (nSPS) is 31.7. The Hall–Kier alpha value is -2.83. The number of aliphatic hydroxyl groups is 4. The largest absolute Gasteiger partial charge is 0.462 e. The van der Waals surface area contributed by atoms with Crippen LogP contribution in [0.4, 0.5) is 0 Å². The first kappa shape index (κ1) is 24.8. The number of ether oxygens (including phenoxy) is 4. The standard InChI is InChI=1S/C22H26O11/c1-12(24)31-19-17(26)15(10-23)33-20(18(19)27)32-14-7-3-2-6-13(14)11-30-21(28)22(29)9-5-4-8-16(22)25/h2-3,5-7,9,15,17-20,23,26-27,29H,4,8,10-11H2,1H3. The van der Waals surface area contributed by atoms with Gasteiger partial charge in [-0.25, -0.2) is 4.79 Å². The van der Waals surface area contributed by atoms with Gasteiger partial charge in [-0.05, 0) is 18.6 Å². The number of hydrogen-bond acceptors (Lipinski definition) is 11. The summed E-state index contributed by atoms with van der Waals surface area (Å²) in [4.78, 5) is 35.7. The minimum atomic E-state index is -2.35. The fraction of sp³-hybridized carbons (Fsp3) is 0.500. The van der Waals surface area contributed by atoms with E-state index in [0.717, 1.165) is 13.0 Å². The van der Waals surface area contributed by atoms with Crippen LogP contribution in [0.5, 0.6) is 5.75 Å². The molecule has 0 bridgehead atoms. The Bertz CT molecular complexity index is 913. The maximum atomic E-state index is 12.4. The van der Waals surface area contributed by atoms with Crippen LogP contribution in [0.2, 0.25) is 0 Å². The molecular formula is C22H26O11. The minimum absolute atomic E-state index is 0.0140. The van der Waals surface area contributed by atoms with Crippen LogP contribution in [-0.2, 0) is 35.2 Å². The first-order chi connectivity index (χ1) is 15.7. The molecule has 3 rings (SSSR count). The monoisotopic (exact) mass is 466 g/mol. The Morgan fingerprint density at radius 1 is 1.21 bits per heavy atom. The van der Waals surface area contributed by atoms with Gasteiger partial charge in [-0.2, -0.15) is 0 Å². The van der Waals surface area contributed by atoms with Crippen LogP contribution in [0.3, 0.4) is 0 Å². The third-order valence-corrected chi connectivity index (χ3v) is 5.33. The van der Waals surface area contributed by atoms with Crippen molar-refractivity contribution in [1.82, 2.24) is 0 Å². The summed E-state index contributed by atoms with van der Waals surface area (Å²) < 4.78 is 21.2. The highest BCUT2D eigenvalue weighted by molar-refractivity contribution is 6.09. The zero-order valence-corrected chi connectivity index (χ0v) is 17.8. The van der Waals surface area contributed by atoms with E-state index in [2.05, 4.69) is 0 Å². The topological polar surface area (TPSA) is 169 Å². The molecule has 11 nitrogen and oxygen atoms in total. The van der Waals surface area contributed by atoms with Gasteiger partial charge in [0.1, 0.15) is 24.6 Å². The van der Waals surface area contributed by atoms with E-state index < -0.39 is 60.6 Å². The molecule has 1 fully saturated rings. The molecule has 6 atom stereocenters. The molecule has 1 heterocycles. The molecule has 2 aliphatic rings. The Kier molecular flexibility index (Phi) is 7.82. The molecule has 0 spiro atoms. The maximum absolute atomic E-state index is 12.4. The van der Waals surface area contributed by atoms with E-state index in [-0.39, 0.29) is 18.8 Å². The van der Waals surface area contributed by atoms with Gasteiger partial charge in [-0.15, -0.1) is 0 Å². The summed E-state index contributed by atoms with van der Waals surface area (Å²) in [5.74, 6) is -2.44. The van der Waals surface area contributed by atoms with Crippen molar-refractivity contribution in [3.05, 3.63) is 42.0 Å². The molecule has 11 heteroatoms. The number of para-hydroxylation sites is 1. The van der Waals surface area contributed by atoms with Gasteiger partial charge in [0, 0.05) is 18.9 Å². The summed E-state index contributed by atoms with van der Waals surface area (Å²) in [6.45, 7) is 0.0914. The quantitative estimate of drug-likeness (QED) is 0.224. The van der Waals surface area contributed by atoms with Gasteiger partial charge < -0.3 is 39.4 Å². The third kappa shape index (κ3) is 5.40. The fourth-order valence-electron chi connectivity index (χ4n) is 3.53. The second-order valence-electron chi connectivity index (χ2n) is 7.71. The van der Waals surface area contributed by atoms with Crippen molar-refractivity contribution >= 4 is 17.7 Å². The zero-order chi connectivity index (χ0) is 24.2. The minimum Gasteiger partial charge on any atom is -0.462 e. The van der Waals surface area contributed by atoms with Crippen LogP contribution in [0.1, 0.15) is 25.3 Å². The third-order valence-electron chi connectivity index (χ3n) is 5.33. The first-order valence-corrected chi connectivity index (χ1v) is 10.3. The van der Waals surface area contributed by atoms with Gasteiger partial charge >= 0.3 is 11.9 Å². The molecular weight excluding hydrogens is 440 g/mol. The van der Waals surface area contributed by atoms with Crippen LogP contribution < -0.4 is 4.74 Å². The number of rotatable bonds is 7. The molecule has 0 amide bonds. The predicted molar refractivity (Wildman–Crippen MR) is 109 cm³/mol. The highest BCUT2D eigenvalue weighted by Crippen LogP contribution is 2.29. The molecule has 1 aliphatic carbocycles. The van der Waals surface area contributed by atoms with Gasteiger partial charge in [0.25, 0.3) is 0 Å². The Balaban J connectivity index is 1.74. The van der Waals surface area contributed by atoms with Crippen LogP contribution in [0.25, 0.3) is 0 Å². The number of aliphatic hydroxyl groups excluding tert-OH is 3. The molecule has 1 aliphatic heterocycles. The number of carbonyl (C=O) groups is 3. The Morgan fingerprint density at radius 3 is 2.61 bits per heavy atom. The van der Waals surface area contributed by atoms with Crippen LogP contribution in [-0.4, -0.2) is 81.1 Å². The van der Waals surface area contributed by atoms with Crippen molar-refractivity contribution in [2.75, 3.05) is 6.61 Å². The second-order valence-corrected chi connectivity index (χ2v) is 7.71. The molecule has 1 aromatic carbocycles. The van der Waals surface area contributed by atoms with E-state index in [1.807, 2.05) is 0 Å². The molecule has 1 saturated heterocycles. The average molecular weight is 466 g/mol. The van der Waals surface area contributed by atoms with Crippen molar-refractivity contribution in [2.24, 2.45) is 0 Å². The van der Waals surface area contributed by atoms with Crippen molar-refractivity contribution in [3.63, 3.8) is 0 Å². The smallest absolute Gasteiger partial charge is 0.350 e. The van der Waals surface area contributed by atoms with E-state index in [1.54, 1.807) is 18.2 Å². The van der Waals surface area contributed by atoms with Crippen LogP contribution >= 0.6 is 0 Å². The number of carbonyl (C=O) groups excluding carboxylic acids is 3. The van der Waals surface area contributed by atoms with E-state index in [4.69, 9.17) is 18.9 Å². The SMILES string of the molecule is CC(=O)OC1C(O)C(CO)OC(Oc2ccccc2COC(=O)C2(O)C=CCCC2=O)C1O. The number of hydrogen-bond donors (Lipinski definition) is 4. The van der Waals surface area contributed by atoms with Gasteiger partial charge in [-0.1, -0.05) is 24.3 Å². The highest BCUT2D eigenvalue weighted by atomic mass is 16.7. The molecule has 180 valence electrons. The fourth-order valence-corrected chi connectivity index (χ4v) is 3.53. The lowest BCUT2D eigenvalue weighted by molar-refractivity contribution is -0.281. The lowest BCUT2D eigenvalue weighted by Gasteiger charge is -2.41. The van der Waals surface area contributed by atoms with E-state index in [9.17, 15) is 34.8 Å². The van der Waals surface area contributed by atoms with Crippen molar-refractivity contribution in [2.45, 2.75) is 62.7 Å². The zero-order valence-electron chi connectivity index (χ0n) is 17.8. The van der Waals surface area contributed by atoms with Gasteiger partial charge in [-0.3, -0.25) is 9.59 Å². The van der Waals surface area contributed by atoms with Gasteiger partial charge in [0.2, 0.25) is 11.9 Å². The van der Waals surface area contributed by atoms with E-state index in [1.165, 1.54) is 12.1 Å². The number of benzene rings is 1. The number of Topliss-reactive ketones (excluding diaryl/α,β-unsaturated/α-hetero) is 1. The number of ketones is 1. The van der Waals surface area contributed by atoms with Crippen molar-refractivity contribution in [1.29, 1.82) is 0 Å². The van der Waals surface area contributed by atoms with Gasteiger partial charge in [0.15, 0.2) is 18.0 Å². The molecule has 33 heavy (non-hydrogen) atoms. The van der Waals surface area contributed by atoms with Crippen LogP contribution in [0.15, 0.2) is 36.4 Å². The molecule has 0 aromatic heterocycles. The average Bonchev–Trinajstić information content (AvgIpc) is 2.79. The molecule has 1 aromatic rings. The lowest BCUT2D eigenvalue weighted by atomic mass is 9.90. The predicted octanol–water partition coefficient (Wildman–Crippen LogP) is -0.870. The summed E-state index contributed by atoms with van der Waals surface area (Å²) in [5.41, 5.74) is -2.04. The van der Waals surface area contributed by atoms with E-state index >= 15 is 0 Å². The summed E-state index contributed by atoms with van der Waals surface area (Å²) in [5, 5.41) is 40.6. The Labute approximate surface area is 189 Å². The summed E-state index contributed by atoms with van der Waals surface area (Å²) in [7, 11) is 0. The number of allylic oxidation sites excluding steroid dienone is 1. The summed E-state index contributed by atoms with van der Waals surface area (Å²) in [6.07, 6.45) is -4.10. The van der Waals surface area contributed by atoms with Gasteiger partial charge in [0.05, 0.1) is 6.61 Å². The first-order valence-electron chi connectivity index (χ1n) is 10.3. The highest BCUT2D eigenvalue weighted by Gasteiger charge is 2.48. The van der Waals surface area contributed by atoms with Crippen molar-refractivity contribution < 1.29 is 53.8 Å². The molecule has 4 N–H and O–H groups in total. The summed E-state index contributed by atoms with van der Waals surface area (Å²) in [6, 6.07) is 6.25. The van der Waals surface area contributed by atoms with Crippen LogP contribution in [0, 0.1) is 0 Å². The second kappa shape index (κ2) is 10.4. The van der Waals surface area contributed by atoms with E-state index in [0.29, 0.717) is 12.0 Å². The maximum Gasteiger partial charge on any atom is 0.350 e. The molecule has 0 radical (unpaired) electrons. The van der Waals surface area contributed by atoms with Crippen molar-refractivity contribution in [3.8, 4) is 5.75 Å². The molecule has 0 saturated carbocycles. The summed E-state index contributed by atoms with van der Waals surface area (Å²) >= 11 is 0. The lowest BCUT2D eigenvalue weighted by Crippen LogP contribution is -2.61. The number of esters is 2. The Morgan fingerprint density at radius 2 is 1.94 bits per heavy atom. The molecule has 6 unspecified atom stereocenters.